The summed E-state index contributed by atoms with van der Waals surface area (Å²) in [6, 6.07) is 53.9. The maximum absolute atomic E-state index is 2.39. The summed E-state index contributed by atoms with van der Waals surface area (Å²) >= 11 is 0. The van der Waals surface area contributed by atoms with Crippen LogP contribution in [0.3, 0.4) is 0 Å². The van der Waals surface area contributed by atoms with Crippen LogP contribution in [0.2, 0.25) is 0 Å². The molecule has 0 saturated heterocycles. The Bertz CT molecular complexity index is 3520. The number of nitrogens with zero attached hydrogens (tertiary/aromatic N) is 7. The Labute approximate surface area is 492 Å². The average molecular weight is 1090 g/mol. The second-order valence-electron chi connectivity index (χ2n) is 16.8. The molecular weight excluding hydrogens is 987 g/mol. The SMILES string of the molecule is CC.CC.CC.CC.CC.CC.CC.CC.CC.Cc1cccc2c3ccccc3n(-c3cccc[n+]3C)c12.Cc1cccc2c3ccccc3n(-c3n(C)cc[n+]3C)c12.Cc1ccccc1-n1c2c(c3ccccc31)C=CCN2C. The zero-order valence-corrected chi connectivity index (χ0v) is 55.2. The first-order valence-electron chi connectivity index (χ1n) is 30.7. The third-order valence-electron chi connectivity index (χ3n) is 12.7. The number of anilines is 1. The summed E-state index contributed by atoms with van der Waals surface area (Å²) in [5.74, 6) is 3.63. The van der Waals surface area contributed by atoms with Crippen LogP contribution in [-0.4, -0.2) is 31.9 Å². The van der Waals surface area contributed by atoms with Crippen LogP contribution in [0, 0.1) is 20.8 Å². The molecule has 0 radical (unpaired) electrons. The summed E-state index contributed by atoms with van der Waals surface area (Å²) in [5.41, 5.74) is 12.8. The highest BCUT2D eigenvalue weighted by atomic mass is 15.3. The van der Waals surface area contributed by atoms with Gasteiger partial charge in [-0.25, -0.2) is 13.7 Å². The maximum Gasteiger partial charge on any atom is 0.369 e. The first-order chi connectivity index (χ1) is 39.7. The van der Waals surface area contributed by atoms with Crippen molar-refractivity contribution in [2.45, 2.75) is 145 Å². The molecule has 7 nitrogen and oxygen atoms in total. The number of hydrogen-bond acceptors (Lipinski definition) is 1. The number of pyridine rings is 1. The zero-order chi connectivity index (χ0) is 61.4. The standard InChI is InChI=1S/C19H18N2.C19H17N2.C18H18N3.9C2H6/c1-14-8-3-5-11-17(14)21-18-12-6-4-9-15(18)16-10-7-13-20(2)19(16)21;1-14-8-7-10-16-15-9-3-4-11-17(15)21(19(14)16)18-12-5-6-13-20(18)2;1-13-7-6-9-15-14-8-4-5-10-16(14)21(17(13)15)18-19(2)11-12-20(18)3;9*1-2/h3-12H,13H2,1-2H3;3-13H,1-2H3;4-12H,1-3H3;9*1-2H3/q;2*+1;;;;;;;;;. The molecule has 0 N–H and O–H groups in total. The van der Waals surface area contributed by atoms with Crippen LogP contribution in [0.1, 0.15) is 147 Å². The molecule has 6 aromatic carbocycles. The van der Waals surface area contributed by atoms with E-state index >= 15 is 0 Å². The van der Waals surface area contributed by atoms with Gasteiger partial charge in [0, 0.05) is 52.2 Å². The van der Waals surface area contributed by atoms with Crippen LogP contribution in [0.25, 0.3) is 78.0 Å². The molecule has 0 aliphatic carbocycles. The number of benzene rings is 6. The van der Waals surface area contributed by atoms with Gasteiger partial charge in [0.1, 0.15) is 27.9 Å². The van der Waals surface area contributed by atoms with E-state index in [1.54, 1.807) is 0 Å². The first kappa shape index (κ1) is 71.4. The number of fused-ring (bicyclic) bond motifs is 9. The van der Waals surface area contributed by atoms with Gasteiger partial charge in [-0.2, -0.15) is 9.13 Å². The van der Waals surface area contributed by atoms with Gasteiger partial charge < -0.3 is 4.90 Å². The smallest absolute Gasteiger partial charge is 0.357 e. The number of hydrogen-bond donors (Lipinski definition) is 0. The lowest BCUT2D eigenvalue weighted by molar-refractivity contribution is -0.665. The normalized spacial score (nSPS) is 10.2. The van der Waals surface area contributed by atoms with Gasteiger partial charge in [-0.3, -0.25) is 4.57 Å². The van der Waals surface area contributed by atoms with E-state index in [9.17, 15) is 0 Å². The number of likely N-dealkylation sites (N-methyl/N-ethyl adjacent to an activating group) is 1. The van der Waals surface area contributed by atoms with Crippen LogP contribution >= 0.6 is 0 Å². The zero-order valence-electron chi connectivity index (χ0n) is 55.2. The van der Waals surface area contributed by atoms with E-state index in [1.165, 1.54) is 94.1 Å². The number of rotatable bonds is 3. The van der Waals surface area contributed by atoms with Gasteiger partial charge in [-0.05, 0) is 79.9 Å². The number of aromatic nitrogens is 6. The summed E-state index contributed by atoms with van der Waals surface area (Å²) in [6.07, 6.45) is 10.8. The van der Waals surface area contributed by atoms with E-state index in [0.29, 0.717) is 0 Å². The Kier molecular flexibility index (Phi) is 33.6. The molecule has 0 spiro atoms. The lowest BCUT2D eigenvalue weighted by atomic mass is 10.1. The van der Waals surface area contributed by atoms with E-state index < -0.39 is 0 Å². The molecule has 436 valence electrons. The molecule has 1 aliphatic rings. The molecule has 0 saturated carbocycles. The second kappa shape index (κ2) is 38.1. The number of imidazole rings is 1. The summed E-state index contributed by atoms with van der Waals surface area (Å²) < 4.78 is 13.6. The van der Waals surface area contributed by atoms with Gasteiger partial charge in [0.15, 0.2) is 0 Å². The molecule has 0 amide bonds. The van der Waals surface area contributed by atoms with Crippen LogP contribution in [0.15, 0.2) is 176 Å². The Hall–Kier alpha value is -7.64. The number of aryl methyl sites for hydroxylation is 6. The third-order valence-corrected chi connectivity index (χ3v) is 12.7. The predicted molar refractivity (Wildman–Crippen MR) is 365 cm³/mol. The lowest BCUT2D eigenvalue weighted by Crippen LogP contribution is -2.33. The summed E-state index contributed by atoms with van der Waals surface area (Å²) in [6.45, 7) is 43.5. The minimum absolute atomic E-state index is 0.954. The summed E-state index contributed by atoms with van der Waals surface area (Å²) in [7, 11) is 8.44. The van der Waals surface area contributed by atoms with Gasteiger partial charge in [-0.1, -0.05) is 240 Å². The fourth-order valence-electron chi connectivity index (χ4n) is 9.74. The molecule has 0 fully saturated rings. The largest absolute Gasteiger partial charge is 0.369 e. The lowest BCUT2D eigenvalue weighted by Gasteiger charge is -2.25. The van der Waals surface area contributed by atoms with Crippen LogP contribution in [0.4, 0.5) is 5.82 Å². The summed E-state index contributed by atoms with van der Waals surface area (Å²) in [4.78, 5) is 2.32. The summed E-state index contributed by atoms with van der Waals surface area (Å²) in [5, 5.41) is 6.55. The topological polar surface area (TPSA) is 30.7 Å². The van der Waals surface area contributed by atoms with Crippen molar-refractivity contribution >= 4 is 66.4 Å². The van der Waals surface area contributed by atoms with E-state index in [4.69, 9.17) is 0 Å². The Morgan fingerprint density at radius 2 is 0.778 bits per heavy atom. The van der Waals surface area contributed by atoms with Crippen LogP contribution < -0.4 is 14.0 Å². The van der Waals surface area contributed by atoms with Crippen molar-refractivity contribution in [1.29, 1.82) is 0 Å². The van der Waals surface area contributed by atoms with Gasteiger partial charge in [-0.15, -0.1) is 0 Å². The molecule has 6 heterocycles. The number of para-hydroxylation sites is 6. The average Bonchev–Trinajstić information content (AvgIpc) is 4.29. The highest BCUT2D eigenvalue weighted by Gasteiger charge is 2.25. The van der Waals surface area contributed by atoms with Crippen molar-refractivity contribution in [3.05, 3.63) is 199 Å². The maximum atomic E-state index is 2.39. The van der Waals surface area contributed by atoms with E-state index in [2.05, 4.69) is 264 Å². The molecule has 5 aromatic heterocycles. The molecule has 0 unspecified atom stereocenters. The van der Waals surface area contributed by atoms with Crippen molar-refractivity contribution in [3.63, 3.8) is 0 Å². The monoisotopic (exact) mass is 1090 g/mol. The Morgan fingerprint density at radius 1 is 0.370 bits per heavy atom. The van der Waals surface area contributed by atoms with E-state index in [0.717, 1.165) is 12.5 Å². The van der Waals surface area contributed by atoms with Crippen molar-refractivity contribution in [2.24, 2.45) is 21.1 Å². The second-order valence-corrected chi connectivity index (χ2v) is 16.8. The van der Waals surface area contributed by atoms with Gasteiger partial charge in [0.2, 0.25) is 0 Å². The highest BCUT2D eigenvalue weighted by molar-refractivity contribution is 6.11. The molecule has 12 rings (SSSR count). The third kappa shape index (κ3) is 15.8. The molecule has 11 aromatic rings. The minimum Gasteiger partial charge on any atom is -0.357 e. The van der Waals surface area contributed by atoms with Crippen LogP contribution in [0.5, 0.6) is 0 Å². The van der Waals surface area contributed by atoms with Gasteiger partial charge in [0.25, 0.3) is 5.82 Å². The fraction of sp³-hybridized carbons (Fsp3) is 0.351. The molecule has 7 heteroatoms. The quantitative estimate of drug-likeness (QED) is 0.162. The molecular formula is C74H107N7+2. The van der Waals surface area contributed by atoms with E-state index in [1.807, 2.05) is 125 Å². The van der Waals surface area contributed by atoms with Gasteiger partial charge in [0.05, 0.1) is 50.9 Å². The van der Waals surface area contributed by atoms with E-state index in [-0.39, 0.29) is 0 Å². The van der Waals surface area contributed by atoms with Crippen LogP contribution in [-0.2, 0) is 21.1 Å². The predicted octanol–water partition coefficient (Wildman–Crippen LogP) is 20.8. The van der Waals surface area contributed by atoms with Crippen molar-refractivity contribution < 1.29 is 9.13 Å². The first-order valence-corrected chi connectivity index (χ1v) is 30.7. The molecule has 1 aliphatic heterocycles. The highest BCUT2D eigenvalue weighted by Crippen LogP contribution is 2.39. The van der Waals surface area contributed by atoms with Crippen molar-refractivity contribution in [2.75, 3.05) is 18.5 Å². The minimum atomic E-state index is 0.954. The Morgan fingerprint density at radius 3 is 1.26 bits per heavy atom. The fourth-order valence-corrected chi connectivity index (χ4v) is 9.74. The molecule has 81 heavy (non-hydrogen) atoms. The molecule has 0 atom stereocenters. The van der Waals surface area contributed by atoms with Gasteiger partial charge >= 0.3 is 5.95 Å². The van der Waals surface area contributed by atoms with Crippen molar-refractivity contribution in [1.82, 2.24) is 18.3 Å². The van der Waals surface area contributed by atoms with Crippen molar-refractivity contribution in [3.8, 4) is 17.5 Å². The Balaban J connectivity index is 0.000000532. The molecule has 0 bridgehead atoms.